The van der Waals surface area contributed by atoms with Crippen LogP contribution in [0.25, 0.3) is 0 Å². The summed E-state index contributed by atoms with van der Waals surface area (Å²) < 4.78 is 31.8. The van der Waals surface area contributed by atoms with Gasteiger partial charge in [-0.25, -0.2) is 13.1 Å². The molecule has 0 radical (unpaired) electrons. The van der Waals surface area contributed by atoms with Crippen molar-refractivity contribution in [3.63, 3.8) is 0 Å². The van der Waals surface area contributed by atoms with E-state index in [2.05, 4.69) is 51.5 Å². The molecule has 1 atom stereocenters. The Morgan fingerprint density at radius 2 is 1.77 bits per heavy atom. The molecular formula is C22H32N4O3S. The van der Waals surface area contributed by atoms with Crippen molar-refractivity contribution in [3.05, 3.63) is 65.7 Å². The number of methoxy groups -OCH3 is 1. The zero-order valence-corrected chi connectivity index (χ0v) is 18.7. The molecule has 164 valence electrons. The summed E-state index contributed by atoms with van der Waals surface area (Å²) in [5, 5.41) is 6.66. The third kappa shape index (κ3) is 8.14. The Balaban J connectivity index is 1.81. The number of aliphatic imine (C=N–C) groups is 1. The number of guanidine groups is 1. The van der Waals surface area contributed by atoms with Gasteiger partial charge in [-0.2, -0.15) is 0 Å². The van der Waals surface area contributed by atoms with Crippen molar-refractivity contribution in [2.24, 2.45) is 4.99 Å². The zero-order chi connectivity index (χ0) is 21.8. The molecule has 0 bridgehead atoms. The Kier molecular flexibility index (Phi) is 9.79. The van der Waals surface area contributed by atoms with Crippen LogP contribution in [-0.2, 0) is 27.7 Å². The second-order valence-electron chi connectivity index (χ2n) is 7.03. The van der Waals surface area contributed by atoms with Crippen molar-refractivity contribution in [3.8, 4) is 0 Å². The fourth-order valence-electron chi connectivity index (χ4n) is 2.86. The van der Waals surface area contributed by atoms with Crippen LogP contribution in [0.15, 0.2) is 64.5 Å². The Hall–Kier alpha value is -2.42. The summed E-state index contributed by atoms with van der Waals surface area (Å²) in [6, 6.07) is 17.5. The van der Waals surface area contributed by atoms with Crippen LogP contribution in [0.2, 0.25) is 0 Å². The molecule has 8 heteroatoms. The molecule has 0 spiro atoms. The molecule has 0 saturated carbocycles. The maximum Gasteiger partial charge on any atom is 0.240 e. The van der Waals surface area contributed by atoms with E-state index in [1.54, 1.807) is 31.3 Å². The number of hydrogen-bond donors (Lipinski definition) is 3. The second-order valence-corrected chi connectivity index (χ2v) is 8.80. The number of rotatable bonds is 11. The number of nitrogens with one attached hydrogen (secondary N) is 3. The molecule has 0 saturated heterocycles. The minimum absolute atomic E-state index is 0.236. The van der Waals surface area contributed by atoms with E-state index in [4.69, 9.17) is 4.74 Å². The van der Waals surface area contributed by atoms with E-state index >= 15 is 0 Å². The van der Waals surface area contributed by atoms with E-state index < -0.39 is 10.0 Å². The maximum atomic E-state index is 12.2. The number of sulfonamides is 1. The molecule has 2 aromatic rings. The van der Waals surface area contributed by atoms with E-state index in [0.29, 0.717) is 19.1 Å². The van der Waals surface area contributed by atoms with Gasteiger partial charge in [0.05, 0.1) is 11.5 Å². The quantitative estimate of drug-likeness (QED) is 0.288. The first-order valence-electron chi connectivity index (χ1n) is 10.0. The minimum atomic E-state index is -3.52. The summed E-state index contributed by atoms with van der Waals surface area (Å²) in [7, 11) is -0.250. The molecule has 2 rings (SSSR count). The molecule has 0 aliphatic rings. The summed E-state index contributed by atoms with van der Waals surface area (Å²) >= 11 is 0. The Bertz CT molecular complexity index is 884. The third-order valence-corrected chi connectivity index (χ3v) is 6.08. The molecule has 1 unspecified atom stereocenters. The highest BCUT2D eigenvalue weighted by Gasteiger charge is 2.13. The highest BCUT2D eigenvalue weighted by Crippen LogP contribution is 2.10. The highest BCUT2D eigenvalue weighted by molar-refractivity contribution is 7.89. The fraction of sp³-hybridized carbons (Fsp3) is 0.409. The number of nitrogens with zero attached hydrogens (tertiary/aromatic N) is 1. The van der Waals surface area contributed by atoms with Crippen molar-refractivity contribution >= 4 is 16.0 Å². The van der Waals surface area contributed by atoms with Crippen molar-refractivity contribution in [2.75, 3.05) is 27.3 Å². The van der Waals surface area contributed by atoms with Gasteiger partial charge in [0.15, 0.2) is 5.96 Å². The van der Waals surface area contributed by atoms with Crippen molar-refractivity contribution in [1.29, 1.82) is 0 Å². The minimum Gasteiger partial charge on any atom is -0.383 e. The monoisotopic (exact) mass is 432 g/mol. The molecule has 7 nitrogen and oxygen atoms in total. The van der Waals surface area contributed by atoms with E-state index in [0.717, 1.165) is 18.4 Å². The smallest absolute Gasteiger partial charge is 0.240 e. The van der Waals surface area contributed by atoms with Gasteiger partial charge < -0.3 is 15.4 Å². The lowest BCUT2D eigenvalue weighted by molar-refractivity contribution is 0.204. The molecular weight excluding hydrogens is 400 g/mol. The first kappa shape index (κ1) is 23.9. The Labute approximate surface area is 180 Å². The molecule has 0 aromatic heterocycles. The Morgan fingerprint density at radius 3 is 2.40 bits per heavy atom. The van der Waals surface area contributed by atoms with Crippen LogP contribution in [0, 0.1) is 0 Å². The van der Waals surface area contributed by atoms with Gasteiger partial charge >= 0.3 is 0 Å². The van der Waals surface area contributed by atoms with Gasteiger partial charge in [0.2, 0.25) is 10.0 Å². The summed E-state index contributed by atoms with van der Waals surface area (Å²) in [5.74, 6) is 0.716. The predicted molar refractivity (Wildman–Crippen MR) is 121 cm³/mol. The normalized spacial score (nSPS) is 13.1. The highest BCUT2D eigenvalue weighted by atomic mass is 32.2. The standard InChI is InChI=1S/C22H32N4O3S/c1-18(9-10-19-7-5-4-6-8-19)26-22(23-2)24-17-20-11-13-21(14-12-20)30(27,28)25-15-16-29-3/h4-8,11-14,18,25H,9-10,15-17H2,1-3H3,(H2,23,24,26). The van der Waals surface area contributed by atoms with Crippen molar-refractivity contribution in [2.45, 2.75) is 37.2 Å². The van der Waals surface area contributed by atoms with Gasteiger partial charge in [-0.3, -0.25) is 4.99 Å². The molecule has 0 aliphatic carbocycles. The third-order valence-electron chi connectivity index (χ3n) is 4.61. The SMILES string of the molecule is CN=C(NCc1ccc(S(=O)(=O)NCCOC)cc1)NC(C)CCc1ccccc1. The average molecular weight is 433 g/mol. The second kappa shape index (κ2) is 12.3. The molecule has 0 fully saturated rings. The average Bonchev–Trinajstić information content (AvgIpc) is 2.76. The van der Waals surface area contributed by atoms with Gasteiger partial charge in [-0.15, -0.1) is 0 Å². The van der Waals surface area contributed by atoms with E-state index in [1.165, 1.54) is 12.7 Å². The van der Waals surface area contributed by atoms with Crippen molar-refractivity contribution < 1.29 is 13.2 Å². The zero-order valence-electron chi connectivity index (χ0n) is 17.9. The molecule has 0 heterocycles. The van der Waals surface area contributed by atoms with Crippen LogP contribution in [-0.4, -0.2) is 47.7 Å². The van der Waals surface area contributed by atoms with Crippen LogP contribution >= 0.6 is 0 Å². The number of hydrogen-bond acceptors (Lipinski definition) is 4. The van der Waals surface area contributed by atoms with Gasteiger partial charge in [0.25, 0.3) is 0 Å². The van der Waals surface area contributed by atoms with E-state index in [1.807, 2.05) is 6.07 Å². The number of aryl methyl sites for hydroxylation is 1. The van der Waals surface area contributed by atoms with E-state index in [-0.39, 0.29) is 17.5 Å². The summed E-state index contributed by atoms with van der Waals surface area (Å²) in [6.07, 6.45) is 1.99. The van der Waals surface area contributed by atoms with Crippen LogP contribution < -0.4 is 15.4 Å². The molecule has 0 aliphatic heterocycles. The van der Waals surface area contributed by atoms with Gasteiger partial charge in [-0.05, 0) is 43.0 Å². The summed E-state index contributed by atoms with van der Waals surface area (Å²) in [5.41, 5.74) is 2.28. The topological polar surface area (TPSA) is 91.8 Å². The van der Waals surface area contributed by atoms with Crippen LogP contribution in [0.4, 0.5) is 0 Å². The van der Waals surface area contributed by atoms with Crippen LogP contribution in [0.5, 0.6) is 0 Å². The predicted octanol–water partition coefficient (Wildman–Crippen LogP) is 2.30. The van der Waals surface area contributed by atoms with Gasteiger partial charge in [0, 0.05) is 33.3 Å². The Morgan fingerprint density at radius 1 is 1.07 bits per heavy atom. The van der Waals surface area contributed by atoms with Crippen LogP contribution in [0.3, 0.4) is 0 Å². The van der Waals surface area contributed by atoms with Gasteiger partial charge in [0.1, 0.15) is 0 Å². The first-order chi connectivity index (χ1) is 14.4. The van der Waals surface area contributed by atoms with E-state index in [9.17, 15) is 8.42 Å². The van der Waals surface area contributed by atoms with Crippen LogP contribution in [0.1, 0.15) is 24.5 Å². The summed E-state index contributed by atoms with van der Waals surface area (Å²) in [6.45, 7) is 3.25. The molecule has 2 aromatic carbocycles. The molecule has 30 heavy (non-hydrogen) atoms. The largest absolute Gasteiger partial charge is 0.383 e. The first-order valence-corrected chi connectivity index (χ1v) is 11.5. The number of benzene rings is 2. The summed E-state index contributed by atoms with van der Waals surface area (Å²) in [4.78, 5) is 4.51. The van der Waals surface area contributed by atoms with Gasteiger partial charge in [-0.1, -0.05) is 42.5 Å². The van der Waals surface area contributed by atoms with Crippen molar-refractivity contribution in [1.82, 2.24) is 15.4 Å². The molecule has 3 N–H and O–H groups in total. The fourth-order valence-corrected chi connectivity index (χ4v) is 3.87. The molecule has 0 amide bonds. The lowest BCUT2D eigenvalue weighted by Gasteiger charge is -2.18. The number of ether oxygens (including phenoxy) is 1. The lowest BCUT2D eigenvalue weighted by Crippen LogP contribution is -2.42. The lowest BCUT2D eigenvalue weighted by atomic mass is 10.1. The maximum absolute atomic E-state index is 12.2.